The molecule has 0 bridgehead atoms. The van der Waals surface area contributed by atoms with Gasteiger partial charge in [0, 0.05) is 60.6 Å². The number of nitro benzene ring substituents is 1. The lowest BCUT2D eigenvalue weighted by Crippen LogP contribution is -2.54. The summed E-state index contributed by atoms with van der Waals surface area (Å²) in [6, 6.07) is 19.0. The van der Waals surface area contributed by atoms with Crippen LogP contribution in [0.1, 0.15) is 118 Å². The van der Waals surface area contributed by atoms with Gasteiger partial charge in [0.1, 0.15) is 18.0 Å². The summed E-state index contributed by atoms with van der Waals surface area (Å²) in [5.74, 6) is -0.579. The number of sulfonamides is 1. The number of nitrogens with two attached hydrogens (primary N) is 1. The zero-order valence-electron chi connectivity index (χ0n) is 39.7. The number of fused-ring (bicyclic) bond motifs is 2. The molecule has 2 aliphatic carbocycles. The van der Waals surface area contributed by atoms with Crippen LogP contribution in [0.25, 0.3) is 11.0 Å². The monoisotopic (exact) mass is 975 g/mol. The second kappa shape index (κ2) is 18.4. The molecule has 5 aliphatic rings. The zero-order valence-corrected chi connectivity index (χ0v) is 40.5. The second-order valence-electron chi connectivity index (χ2n) is 20.7. The number of rotatable bonds is 12. The van der Waals surface area contributed by atoms with E-state index >= 15 is 0 Å². The number of benzene rings is 3. The van der Waals surface area contributed by atoms with Crippen LogP contribution in [0.3, 0.4) is 0 Å². The van der Waals surface area contributed by atoms with Crippen molar-refractivity contribution in [3.8, 4) is 17.2 Å². The molecule has 3 aromatic carbocycles. The zero-order chi connectivity index (χ0) is 49.1. The summed E-state index contributed by atoms with van der Waals surface area (Å²) in [7, 11) is -4.75. The van der Waals surface area contributed by atoms with Gasteiger partial charge in [-0.1, -0.05) is 38.1 Å². The largest absolute Gasteiger partial charge is 0.489 e. The van der Waals surface area contributed by atoms with E-state index < -0.39 is 43.1 Å². The Labute approximate surface area is 406 Å². The summed E-state index contributed by atoms with van der Waals surface area (Å²) >= 11 is 0. The van der Waals surface area contributed by atoms with E-state index in [1.807, 2.05) is 0 Å². The molecule has 2 aromatic heterocycles. The number of anilines is 3. The van der Waals surface area contributed by atoms with Gasteiger partial charge in [-0.15, -0.1) is 0 Å². The number of primary amides is 1. The van der Waals surface area contributed by atoms with Gasteiger partial charge in [-0.05, 0) is 130 Å². The molecule has 5 heterocycles. The molecule has 5 aromatic rings. The van der Waals surface area contributed by atoms with E-state index in [2.05, 4.69) is 73.2 Å². The molecule has 2 saturated carbocycles. The molecular formula is C51H61N9O9S. The molecule has 0 unspecified atom stereocenters. The third-order valence-corrected chi connectivity index (χ3v) is 17.0. The third kappa shape index (κ3) is 9.33. The fraction of sp³-hybridized carbons (Fsp3) is 0.471. The molecule has 0 radical (unpaired) electrons. The minimum atomic E-state index is -4.75. The molecule has 3 aliphatic heterocycles. The maximum atomic E-state index is 14.3. The van der Waals surface area contributed by atoms with E-state index in [-0.39, 0.29) is 58.3 Å². The average molecular weight is 976 g/mol. The number of nitrogens with zero attached hydrogens (tertiary/aromatic N) is 4. The van der Waals surface area contributed by atoms with Gasteiger partial charge < -0.3 is 35.5 Å². The Hall–Kier alpha value is -6.44. The molecule has 2 saturated heterocycles. The quantitative estimate of drug-likeness (QED) is 0.0507. The topological polar surface area (TPSA) is 247 Å². The van der Waals surface area contributed by atoms with Crippen LogP contribution < -0.4 is 35.5 Å². The predicted molar refractivity (Wildman–Crippen MR) is 265 cm³/mol. The van der Waals surface area contributed by atoms with Gasteiger partial charge in [-0.2, -0.15) is 0 Å². The van der Waals surface area contributed by atoms with Crippen molar-refractivity contribution in [1.82, 2.24) is 19.6 Å². The molecular weight excluding hydrogens is 915 g/mol. The minimum absolute atomic E-state index is 0.0284. The Morgan fingerprint density at radius 2 is 1.76 bits per heavy atom. The highest BCUT2D eigenvalue weighted by molar-refractivity contribution is 7.90. The highest BCUT2D eigenvalue weighted by atomic mass is 32.2. The predicted octanol–water partition coefficient (Wildman–Crippen LogP) is 8.70. The average Bonchev–Trinajstić information content (AvgIpc) is 4.00. The lowest BCUT2D eigenvalue weighted by Gasteiger charge is -2.56. The number of likely N-dealkylation sites (tertiary alicyclic amines) is 1. The van der Waals surface area contributed by atoms with Crippen molar-refractivity contribution < 1.29 is 37.5 Å². The van der Waals surface area contributed by atoms with Crippen LogP contribution in [0, 0.1) is 21.4 Å². The number of piperidine rings is 1. The molecule has 2 atom stereocenters. The van der Waals surface area contributed by atoms with E-state index in [0.29, 0.717) is 54.7 Å². The number of amides is 3. The number of pyridine rings is 1. The highest BCUT2D eigenvalue weighted by Gasteiger charge is 2.50. The Bertz CT molecular complexity index is 2950. The van der Waals surface area contributed by atoms with Crippen LogP contribution in [0.5, 0.6) is 17.2 Å². The molecule has 4 fully saturated rings. The third-order valence-electron chi connectivity index (χ3n) is 15.7. The van der Waals surface area contributed by atoms with Gasteiger partial charge >= 0.3 is 6.03 Å². The van der Waals surface area contributed by atoms with Crippen LogP contribution in [0.2, 0.25) is 0 Å². The maximum Gasteiger partial charge on any atom is 0.317 e. The first-order chi connectivity index (χ1) is 33.4. The number of aliphatic hydroxyl groups is 1. The lowest BCUT2D eigenvalue weighted by atomic mass is 9.59. The lowest BCUT2D eigenvalue weighted by molar-refractivity contribution is -0.384. The number of aromatic amines is 1. The van der Waals surface area contributed by atoms with Crippen molar-refractivity contribution >= 4 is 55.9 Å². The molecule has 7 N–H and O–H groups in total. The van der Waals surface area contributed by atoms with Crippen LogP contribution in [-0.4, -0.2) is 89.2 Å². The normalized spacial score (nSPS) is 23.6. The van der Waals surface area contributed by atoms with E-state index in [1.165, 1.54) is 30.0 Å². The first kappa shape index (κ1) is 47.2. The number of hydrogen-bond donors (Lipinski definition) is 6. The van der Waals surface area contributed by atoms with Crippen molar-refractivity contribution in [3.63, 3.8) is 0 Å². The Balaban J connectivity index is 0.889. The number of urea groups is 1. The summed E-state index contributed by atoms with van der Waals surface area (Å²) in [6.45, 7) is 9.09. The van der Waals surface area contributed by atoms with E-state index in [0.717, 1.165) is 63.1 Å². The summed E-state index contributed by atoms with van der Waals surface area (Å²) in [4.78, 5) is 50.1. The van der Waals surface area contributed by atoms with E-state index in [1.54, 1.807) is 37.4 Å². The van der Waals surface area contributed by atoms with Crippen LogP contribution >= 0.6 is 0 Å². The second-order valence-corrected chi connectivity index (χ2v) is 22.3. The van der Waals surface area contributed by atoms with Gasteiger partial charge in [-0.25, -0.2) is 22.9 Å². The van der Waals surface area contributed by atoms with Crippen molar-refractivity contribution in [1.29, 1.82) is 0 Å². The summed E-state index contributed by atoms with van der Waals surface area (Å²) in [6.07, 6.45) is 10.8. The van der Waals surface area contributed by atoms with Crippen molar-refractivity contribution in [2.75, 3.05) is 41.8 Å². The Kier molecular flexibility index (Phi) is 12.4. The van der Waals surface area contributed by atoms with Crippen molar-refractivity contribution in [2.45, 2.75) is 120 Å². The SMILES string of the molecule is CC(C)c1ccccc1[C@@H]1CCCN1C1CC2(CCN(c3ccc(C(=O)NS(=O)(=O)c4cc5c(c([N+](=O)[O-])c4)N[C@@H](C4CCC(C)(O)CC4)CO5)c(Oc4cc5cc[nH]c5nc4NC(N)=O)c3)CC2)C1. The molecule has 70 heavy (non-hydrogen) atoms. The van der Waals surface area contributed by atoms with Gasteiger partial charge in [0.15, 0.2) is 23.0 Å². The van der Waals surface area contributed by atoms with Gasteiger partial charge in [0.2, 0.25) is 0 Å². The molecule has 18 nitrogen and oxygen atoms in total. The maximum absolute atomic E-state index is 14.3. The highest BCUT2D eigenvalue weighted by Crippen LogP contribution is 2.54. The minimum Gasteiger partial charge on any atom is -0.489 e. The van der Waals surface area contributed by atoms with Gasteiger partial charge in [-0.3, -0.25) is 25.1 Å². The van der Waals surface area contributed by atoms with Crippen LogP contribution in [0.4, 0.5) is 27.7 Å². The van der Waals surface area contributed by atoms with E-state index in [4.69, 9.17) is 15.2 Å². The first-order valence-electron chi connectivity index (χ1n) is 24.4. The first-order valence-corrected chi connectivity index (χ1v) is 25.9. The fourth-order valence-electron chi connectivity index (χ4n) is 11.8. The number of carbonyl (C=O) groups is 2. The summed E-state index contributed by atoms with van der Waals surface area (Å²) in [5, 5.41) is 29.2. The van der Waals surface area contributed by atoms with Crippen LogP contribution in [0.15, 0.2) is 77.8 Å². The Morgan fingerprint density at radius 3 is 2.49 bits per heavy atom. The summed E-state index contributed by atoms with van der Waals surface area (Å²) in [5.41, 5.74) is 8.44. The number of H-pyrrole nitrogens is 1. The molecule has 1 spiro atoms. The van der Waals surface area contributed by atoms with E-state index in [9.17, 15) is 33.2 Å². The molecule has 3 amide bonds. The number of nitro groups is 1. The van der Waals surface area contributed by atoms with Crippen LogP contribution in [-0.2, 0) is 10.0 Å². The number of hydrogen-bond acceptors (Lipinski definition) is 13. The molecule has 10 rings (SSSR count). The standard InChI is InChI=1S/C51H61N9O9S/c1-30(2)36-7-4-5-8-37(36)40-9-6-20-59(40)34-27-51(28-34)17-21-58(22-18-51)33-10-11-38(42(24-33)69-44-23-32-14-19-53-46(32)55-47(44)56-49(52)62)48(61)57-70(66,67)35-25-41(60(64)65)45-43(26-35)68-29-39(54-45)31-12-15-50(3,63)16-13-31/h4-5,7-8,10-11,14,19,23-26,30-31,34,39-40,54,63H,6,9,12-13,15-18,20-22,27-29H2,1-3H3,(H,57,61)(H4,52,53,55,56,62)/t31?,39-,40+,50?/m1/s1. The molecule has 19 heteroatoms. The van der Waals surface area contributed by atoms with Crippen molar-refractivity contribution in [3.05, 3.63) is 99.7 Å². The molecule has 370 valence electrons. The number of nitrogens with one attached hydrogen (secondary N) is 4. The Morgan fingerprint density at radius 1 is 1.00 bits per heavy atom. The fourth-order valence-corrected chi connectivity index (χ4v) is 12.8. The summed E-state index contributed by atoms with van der Waals surface area (Å²) < 4.78 is 42.7. The smallest absolute Gasteiger partial charge is 0.317 e. The van der Waals surface area contributed by atoms with Crippen molar-refractivity contribution in [2.24, 2.45) is 17.1 Å². The van der Waals surface area contributed by atoms with Gasteiger partial charge in [0.25, 0.3) is 21.6 Å². The number of carbonyl (C=O) groups excluding carboxylic acids is 2. The number of ether oxygens (including phenoxy) is 2. The number of aromatic nitrogens is 2. The van der Waals surface area contributed by atoms with Gasteiger partial charge in [0.05, 0.1) is 27.0 Å².